The van der Waals surface area contributed by atoms with E-state index < -0.39 is 5.97 Å². The van der Waals surface area contributed by atoms with Crippen molar-refractivity contribution in [3.63, 3.8) is 0 Å². The molecule has 0 atom stereocenters. The van der Waals surface area contributed by atoms with Crippen molar-refractivity contribution in [2.45, 2.75) is 20.4 Å². The predicted molar refractivity (Wildman–Crippen MR) is 118 cm³/mol. The predicted octanol–water partition coefficient (Wildman–Crippen LogP) is 3.35. The number of aryl methyl sites for hydroxylation is 1. The number of hydrogen-bond acceptors (Lipinski definition) is 6. The van der Waals surface area contributed by atoms with Gasteiger partial charge in [0.25, 0.3) is 5.91 Å². The van der Waals surface area contributed by atoms with E-state index in [1.165, 1.54) is 12.0 Å². The monoisotopic (exact) mass is 435 g/mol. The number of nitrogens with one attached hydrogen (secondary N) is 1. The highest BCUT2D eigenvalue weighted by atomic mass is 16.5. The second kappa shape index (κ2) is 9.91. The highest BCUT2D eigenvalue weighted by Crippen LogP contribution is 2.21. The molecule has 1 N–H and O–H groups in total. The Morgan fingerprint density at radius 1 is 1.03 bits per heavy atom. The first-order valence-electron chi connectivity index (χ1n) is 9.99. The summed E-state index contributed by atoms with van der Waals surface area (Å²) in [5.41, 5.74) is 2.72. The topological polar surface area (TPSA) is 102 Å². The molecule has 8 nitrogen and oxygen atoms in total. The molecule has 0 radical (unpaired) electrons. The van der Waals surface area contributed by atoms with Gasteiger partial charge in [-0.2, -0.15) is 0 Å². The van der Waals surface area contributed by atoms with Gasteiger partial charge in [-0.05, 0) is 55.8 Å². The summed E-state index contributed by atoms with van der Waals surface area (Å²) in [5, 5.41) is 0. The number of esters is 1. The summed E-state index contributed by atoms with van der Waals surface area (Å²) in [6.07, 6.45) is 1.64. The number of ketones is 1. The van der Waals surface area contributed by atoms with E-state index in [0.717, 1.165) is 0 Å². The number of Topliss-reactive ketones (excluding diaryl/α,β-unsaturated/α-hetero) is 1. The molecule has 32 heavy (non-hydrogen) atoms. The van der Waals surface area contributed by atoms with Gasteiger partial charge in [0.15, 0.2) is 5.78 Å². The molecule has 0 bridgehead atoms. The van der Waals surface area contributed by atoms with Crippen LogP contribution < -0.4 is 4.74 Å². The molecule has 1 aromatic carbocycles. The number of aromatic amines is 1. The number of benzene rings is 1. The van der Waals surface area contributed by atoms with Crippen molar-refractivity contribution in [3.05, 3.63) is 82.4 Å². The summed E-state index contributed by atoms with van der Waals surface area (Å²) < 4.78 is 9.93. The van der Waals surface area contributed by atoms with Crippen molar-refractivity contribution < 1.29 is 23.9 Å². The molecule has 2 aromatic heterocycles. The number of H-pyrrole nitrogens is 1. The smallest absolute Gasteiger partial charge is 0.354 e. The number of methoxy groups -OCH3 is 2. The summed E-state index contributed by atoms with van der Waals surface area (Å²) in [6.45, 7) is 3.36. The van der Waals surface area contributed by atoms with Gasteiger partial charge in [0.1, 0.15) is 11.4 Å². The number of nitrogens with zero attached hydrogens (tertiary/aromatic N) is 2. The number of pyridine rings is 1. The van der Waals surface area contributed by atoms with Crippen LogP contribution in [0.15, 0.2) is 48.7 Å². The Balaban J connectivity index is 1.91. The van der Waals surface area contributed by atoms with Gasteiger partial charge in [0.05, 0.1) is 33.0 Å². The molecule has 0 aliphatic heterocycles. The largest absolute Gasteiger partial charge is 0.497 e. The fourth-order valence-electron chi connectivity index (χ4n) is 3.53. The number of carbonyl (C=O) groups is 3. The summed E-state index contributed by atoms with van der Waals surface area (Å²) in [6, 6.07) is 12.1. The van der Waals surface area contributed by atoms with Gasteiger partial charge in [-0.15, -0.1) is 0 Å². The Kier molecular flexibility index (Phi) is 7.04. The van der Waals surface area contributed by atoms with E-state index in [4.69, 9.17) is 9.47 Å². The van der Waals surface area contributed by atoms with Gasteiger partial charge in [-0.25, -0.2) is 4.79 Å². The van der Waals surface area contributed by atoms with Crippen LogP contribution in [-0.2, 0) is 11.3 Å². The molecular weight excluding hydrogens is 410 g/mol. The van der Waals surface area contributed by atoms with Gasteiger partial charge in [0, 0.05) is 23.0 Å². The molecule has 1 amide bonds. The minimum Gasteiger partial charge on any atom is -0.497 e. The molecule has 2 heterocycles. The van der Waals surface area contributed by atoms with Crippen LogP contribution in [0.3, 0.4) is 0 Å². The van der Waals surface area contributed by atoms with Crippen LogP contribution in [0.4, 0.5) is 0 Å². The zero-order valence-corrected chi connectivity index (χ0v) is 18.5. The first-order valence-corrected chi connectivity index (χ1v) is 9.99. The maximum absolute atomic E-state index is 13.3. The highest BCUT2D eigenvalue weighted by Gasteiger charge is 2.26. The first-order chi connectivity index (χ1) is 15.3. The number of ether oxygens (including phenoxy) is 2. The molecular formula is C24H25N3O5. The van der Waals surface area contributed by atoms with E-state index in [0.29, 0.717) is 33.8 Å². The SMILES string of the molecule is COC(=O)c1[nH]c(C)c(C(=O)CN(Cc2ccccn2)C(=O)c2ccc(OC)cc2)c1C. The lowest BCUT2D eigenvalue weighted by molar-refractivity contribution is 0.0593. The molecule has 8 heteroatoms. The fraction of sp³-hybridized carbons (Fsp3) is 0.250. The van der Waals surface area contributed by atoms with Crippen molar-refractivity contribution in [1.29, 1.82) is 0 Å². The summed E-state index contributed by atoms with van der Waals surface area (Å²) in [7, 11) is 2.83. The van der Waals surface area contributed by atoms with E-state index in [1.807, 2.05) is 6.07 Å². The van der Waals surface area contributed by atoms with Crippen molar-refractivity contribution in [2.24, 2.45) is 0 Å². The van der Waals surface area contributed by atoms with Crippen LogP contribution >= 0.6 is 0 Å². The fourth-order valence-corrected chi connectivity index (χ4v) is 3.53. The van der Waals surface area contributed by atoms with E-state index in [-0.39, 0.29) is 30.5 Å². The molecule has 3 rings (SSSR count). The summed E-state index contributed by atoms with van der Waals surface area (Å²) in [4.78, 5) is 47.1. The van der Waals surface area contributed by atoms with Crippen molar-refractivity contribution in [2.75, 3.05) is 20.8 Å². The average Bonchev–Trinajstić information content (AvgIpc) is 3.12. The quantitative estimate of drug-likeness (QED) is 0.430. The molecule has 0 saturated carbocycles. The molecule has 166 valence electrons. The minimum absolute atomic E-state index is 0.157. The number of aromatic nitrogens is 2. The van der Waals surface area contributed by atoms with Crippen LogP contribution in [-0.4, -0.2) is 53.3 Å². The second-order valence-corrected chi connectivity index (χ2v) is 7.25. The molecule has 0 fully saturated rings. The zero-order chi connectivity index (χ0) is 23.3. The lowest BCUT2D eigenvalue weighted by Crippen LogP contribution is -2.35. The van der Waals surface area contributed by atoms with Gasteiger partial charge in [-0.3, -0.25) is 14.6 Å². The van der Waals surface area contributed by atoms with Crippen molar-refractivity contribution in [3.8, 4) is 5.75 Å². The Morgan fingerprint density at radius 2 is 1.75 bits per heavy atom. The van der Waals surface area contributed by atoms with E-state index in [1.54, 1.807) is 63.6 Å². The van der Waals surface area contributed by atoms with Crippen LogP contribution in [0.1, 0.15) is 48.2 Å². The normalized spacial score (nSPS) is 10.5. The Bertz CT molecular complexity index is 1120. The highest BCUT2D eigenvalue weighted by molar-refractivity contribution is 6.05. The number of rotatable bonds is 8. The maximum Gasteiger partial charge on any atom is 0.354 e. The first kappa shape index (κ1) is 22.7. The van der Waals surface area contributed by atoms with Gasteiger partial charge >= 0.3 is 5.97 Å². The van der Waals surface area contributed by atoms with Gasteiger partial charge < -0.3 is 19.4 Å². The van der Waals surface area contributed by atoms with Gasteiger partial charge in [0.2, 0.25) is 0 Å². The van der Waals surface area contributed by atoms with Crippen LogP contribution in [0.5, 0.6) is 5.75 Å². The number of hydrogen-bond donors (Lipinski definition) is 1. The minimum atomic E-state index is -0.552. The van der Waals surface area contributed by atoms with Crippen molar-refractivity contribution >= 4 is 17.7 Å². The van der Waals surface area contributed by atoms with E-state index in [2.05, 4.69) is 9.97 Å². The molecule has 0 spiro atoms. The third-order valence-corrected chi connectivity index (χ3v) is 5.14. The molecule has 0 unspecified atom stereocenters. The van der Waals surface area contributed by atoms with Crippen LogP contribution in [0.25, 0.3) is 0 Å². The number of amides is 1. The third kappa shape index (κ3) is 4.85. The average molecular weight is 435 g/mol. The number of carbonyl (C=O) groups excluding carboxylic acids is 3. The third-order valence-electron chi connectivity index (χ3n) is 5.14. The van der Waals surface area contributed by atoms with E-state index >= 15 is 0 Å². The second-order valence-electron chi connectivity index (χ2n) is 7.25. The van der Waals surface area contributed by atoms with Gasteiger partial charge in [-0.1, -0.05) is 6.07 Å². The summed E-state index contributed by atoms with van der Waals surface area (Å²) >= 11 is 0. The van der Waals surface area contributed by atoms with Crippen LogP contribution in [0, 0.1) is 13.8 Å². The molecule has 3 aromatic rings. The molecule has 0 aliphatic rings. The lowest BCUT2D eigenvalue weighted by atomic mass is 10.0. The Hall–Kier alpha value is -3.94. The van der Waals surface area contributed by atoms with Crippen LogP contribution in [0.2, 0.25) is 0 Å². The maximum atomic E-state index is 13.3. The Labute approximate surface area is 186 Å². The lowest BCUT2D eigenvalue weighted by Gasteiger charge is -2.22. The summed E-state index contributed by atoms with van der Waals surface area (Å²) in [5.74, 6) is -0.526. The zero-order valence-electron chi connectivity index (χ0n) is 18.5. The standard InChI is InChI=1S/C24H25N3O5/c1-15-21(16(2)26-22(15)24(30)32-4)20(28)14-27(13-18-7-5-6-12-25-18)23(29)17-8-10-19(31-3)11-9-17/h5-12,26H,13-14H2,1-4H3. The van der Waals surface area contributed by atoms with E-state index in [9.17, 15) is 14.4 Å². The molecule has 0 saturated heterocycles. The Morgan fingerprint density at radius 3 is 2.34 bits per heavy atom. The van der Waals surface area contributed by atoms with Crippen molar-refractivity contribution in [1.82, 2.24) is 14.9 Å². The molecule has 0 aliphatic carbocycles.